The number of benzene rings is 1. The van der Waals surface area contributed by atoms with Gasteiger partial charge >= 0.3 is 12.2 Å². The first-order valence-electron chi connectivity index (χ1n) is 14.1. The molecule has 3 atom stereocenters. The van der Waals surface area contributed by atoms with E-state index in [-0.39, 0.29) is 24.6 Å². The van der Waals surface area contributed by atoms with Gasteiger partial charge in [-0.25, -0.2) is 4.39 Å². The number of piperidine rings is 1. The van der Waals surface area contributed by atoms with Gasteiger partial charge in [-0.05, 0) is 51.6 Å². The van der Waals surface area contributed by atoms with Gasteiger partial charge in [-0.2, -0.15) is 23.1 Å². The van der Waals surface area contributed by atoms with E-state index in [1.54, 1.807) is 6.92 Å². The maximum Gasteiger partial charge on any atom is 0.418 e. The fraction of sp³-hybridized carbons (Fsp3) is 0.586. The third-order valence-electron chi connectivity index (χ3n) is 8.92. The van der Waals surface area contributed by atoms with E-state index in [1.807, 2.05) is 4.90 Å². The molecule has 1 aromatic carbocycles. The summed E-state index contributed by atoms with van der Waals surface area (Å²) in [5, 5.41) is 10.1. The van der Waals surface area contributed by atoms with E-state index in [1.165, 1.54) is 0 Å². The number of aliphatic hydroxyl groups is 1. The number of nitrogens with two attached hydrogens (primary N) is 1. The molecular weight excluding hydrogens is 578 g/mol. The van der Waals surface area contributed by atoms with E-state index < -0.39 is 45.5 Å². The molecule has 228 valence electrons. The third kappa shape index (κ3) is 5.31. The molecule has 4 aliphatic heterocycles. The van der Waals surface area contributed by atoms with Gasteiger partial charge in [-0.1, -0.05) is 23.8 Å². The van der Waals surface area contributed by atoms with Crippen molar-refractivity contribution in [1.29, 1.82) is 0 Å². The zero-order chi connectivity index (χ0) is 30.0. The molecule has 0 aliphatic carbocycles. The smallest absolute Gasteiger partial charge is 0.418 e. The Hall–Kier alpha value is -2.67. The van der Waals surface area contributed by atoms with Gasteiger partial charge in [0, 0.05) is 37.2 Å². The average Bonchev–Trinajstić information content (AvgIpc) is 3.43. The zero-order valence-corrected chi connectivity index (χ0v) is 24.1. The molecule has 6 rings (SSSR count). The molecule has 13 heteroatoms. The first kappa shape index (κ1) is 29.4. The van der Waals surface area contributed by atoms with E-state index >= 15 is 4.39 Å². The summed E-state index contributed by atoms with van der Waals surface area (Å²) in [6.07, 6.45) is -2.33. The zero-order valence-electron chi connectivity index (χ0n) is 23.4. The molecule has 0 radical (unpaired) electrons. The number of rotatable bonds is 5. The molecule has 8 nitrogen and oxygen atoms in total. The van der Waals surface area contributed by atoms with E-state index in [9.17, 15) is 18.3 Å². The second-order valence-corrected chi connectivity index (χ2v) is 12.7. The monoisotopic (exact) mass is 611 g/mol. The van der Waals surface area contributed by atoms with Crippen LogP contribution in [0, 0.1) is 5.82 Å². The standard InChI is InChI=1S/C29H34ClF4N5O3/c1-16-11-28(6-4-8-39(28)12-16)15-42-26-36-20-10-21(22-23(29(32,33)34)18(30)9-19(35)24(22)31)41-13-17(20)25(37-26)38-7-3-5-27(2,40)14-38/h9,21,40H,1,3-8,10-15,35H2,2H3/t21-,27-,28+/m1/s1. The average molecular weight is 612 g/mol. The fourth-order valence-corrected chi connectivity index (χ4v) is 7.37. The minimum absolute atomic E-state index is 0.0791. The number of hydrogen-bond acceptors (Lipinski definition) is 8. The number of hydrogen-bond donors (Lipinski definition) is 2. The number of fused-ring (bicyclic) bond motifs is 2. The van der Waals surface area contributed by atoms with Crippen molar-refractivity contribution in [3.8, 4) is 6.01 Å². The minimum Gasteiger partial charge on any atom is -0.461 e. The van der Waals surface area contributed by atoms with Crippen LogP contribution in [0.15, 0.2) is 18.2 Å². The molecule has 42 heavy (non-hydrogen) atoms. The quantitative estimate of drug-likeness (QED) is 0.270. The van der Waals surface area contributed by atoms with Gasteiger partial charge in [0.15, 0.2) is 5.82 Å². The number of nitrogens with zero attached hydrogens (tertiary/aromatic N) is 4. The third-order valence-corrected chi connectivity index (χ3v) is 9.22. The first-order chi connectivity index (χ1) is 19.8. The van der Waals surface area contributed by atoms with Gasteiger partial charge < -0.3 is 25.2 Å². The maximum absolute atomic E-state index is 15.2. The first-order valence-corrected chi connectivity index (χ1v) is 14.5. The minimum atomic E-state index is -4.94. The number of alkyl halides is 3. The number of β-amino-alcohol motifs (C(OH)–C–C–N with tert-alkyl or cyclic N) is 1. The Morgan fingerprint density at radius 2 is 2.02 bits per heavy atom. The summed E-state index contributed by atoms with van der Waals surface area (Å²) in [4.78, 5) is 13.7. The number of halogens is 5. The highest BCUT2D eigenvalue weighted by atomic mass is 35.5. The fourth-order valence-electron chi connectivity index (χ4n) is 7.04. The van der Waals surface area contributed by atoms with Crippen molar-refractivity contribution in [3.63, 3.8) is 0 Å². The second kappa shape index (κ2) is 10.5. The molecule has 2 aromatic rings. The van der Waals surface area contributed by atoms with Crippen molar-refractivity contribution in [2.75, 3.05) is 43.4 Å². The molecule has 5 heterocycles. The molecule has 0 amide bonds. The molecule has 0 unspecified atom stereocenters. The van der Waals surface area contributed by atoms with Gasteiger partial charge in [0.2, 0.25) is 0 Å². The Bertz CT molecular complexity index is 1420. The molecule has 0 saturated carbocycles. The lowest BCUT2D eigenvalue weighted by molar-refractivity contribution is -0.140. The topological polar surface area (TPSA) is 97.0 Å². The van der Waals surface area contributed by atoms with Crippen LogP contribution in [0.5, 0.6) is 6.01 Å². The number of anilines is 2. The number of ether oxygens (including phenoxy) is 2. The Labute approximate surface area is 246 Å². The van der Waals surface area contributed by atoms with Crippen LogP contribution >= 0.6 is 11.6 Å². The van der Waals surface area contributed by atoms with Crippen LogP contribution in [0.2, 0.25) is 5.02 Å². The van der Waals surface area contributed by atoms with E-state index in [0.29, 0.717) is 49.6 Å². The van der Waals surface area contributed by atoms with Crippen molar-refractivity contribution in [1.82, 2.24) is 14.9 Å². The maximum atomic E-state index is 15.2. The molecule has 0 spiro atoms. The summed E-state index contributed by atoms with van der Waals surface area (Å²) in [6.45, 7) is 8.76. The lowest BCUT2D eigenvalue weighted by Gasteiger charge is -2.39. The van der Waals surface area contributed by atoms with Crippen molar-refractivity contribution < 1.29 is 32.1 Å². The summed E-state index contributed by atoms with van der Waals surface area (Å²) in [5.41, 5.74) is 4.08. The van der Waals surface area contributed by atoms with Crippen LogP contribution in [0.3, 0.4) is 0 Å². The van der Waals surface area contributed by atoms with Crippen molar-refractivity contribution in [2.45, 2.75) is 75.5 Å². The highest BCUT2D eigenvalue weighted by Crippen LogP contribution is 2.46. The highest BCUT2D eigenvalue weighted by Gasteiger charge is 2.47. The predicted molar refractivity (Wildman–Crippen MR) is 149 cm³/mol. The number of nitrogen functional groups attached to an aromatic ring is 1. The van der Waals surface area contributed by atoms with Gasteiger partial charge in [-0.15, -0.1) is 0 Å². The van der Waals surface area contributed by atoms with Gasteiger partial charge in [0.05, 0.1) is 45.8 Å². The van der Waals surface area contributed by atoms with E-state index in [2.05, 4.69) is 16.5 Å². The van der Waals surface area contributed by atoms with Crippen molar-refractivity contribution in [3.05, 3.63) is 51.4 Å². The van der Waals surface area contributed by atoms with Crippen LogP contribution in [0.1, 0.15) is 67.5 Å². The molecule has 4 aliphatic rings. The Balaban J connectivity index is 1.38. The summed E-state index contributed by atoms with van der Waals surface area (Å²) < 4.78 is 69.6. The molecule has 3 saturated heterocycles. The van der Waals surface area contributed by atoms with Crippen LogP contribution in [-0.2, 0) is 23.9 Å². The highest BCUT2D eigenvalue weighted by molar-refractivity contribution is 6.31. The Morgan fingerprint density at radius 3 is 2.76 bits per heavy atom. The van der Waals surface area contributed by atoms with Crippen LogP contribution in [0.25, 0.3) is 0 Å². The summed E-state index contributed by atoms with van der Waals surface area (Å²) in [7, 11) is 0. The molecule has 0 bridgehead atoms. The summed E-state index contributed by atoms with van der Waals surface area (Å²) >= 11 is 5.94. The van der Waals surface area contributed by atoms with E-state index in [4.69, 9.17) is 31.8 Å². The molecule has 3 N–H and O–H groups in total. The van der Waals surface area contributed by atoms with Gasteiger partial charge in [0.25, 0.3) is 0 Å². The van der Waals surface area contributed by atoms with Crippen LogP contribution in [0.4, 0.5) is 29.1 Å². The van der Waals surface area contributed by atoms with Gasteiger partial charge in [0.1, 0.15) is 12.4 Å². The lowest BCUT2D eigenvalue weighted by Crippen LogP contribution is -2.47. The van der Waals surface area contributed by atoms with Crippen molar-refractivity contribution >= 4 is 23.1 Å². The van der Waals surface area contributed by atoms with E-state index in [0.717, 1.165) is 44.0 Å². The van der Waals surface area contributed by atoms with Gasteiger partial charge in [-0.3, -0.25) is 4.90 Å². The van der Waals surface area contributed by atoms with Crippen LogP contribution < -0.4 is 15.4 Å². The summed E-state index contributed by atoms with van der Waals surface area (Å²) in [6, 6.07) is 0.841. The predicted octanol–water partition coefficient (Wildman–Crippen LogP) is 5.21. The summed E-state index contributed by atoms with van der Waals surface area (Å²) in [5.74, 6) is -0.730. The Morgan fingerprint density at radius 1 is 1.26 bits per heavy atom. The number of aromatic nitrogens is 2. The normalized spacial score (nSPS) is 28.2. The molecular formula is C29H34ClF4N5O3. The second-order valence-electron chi connectivity index (χ2n) is 12.3. The lowest BCUT2D eigenvalue weighted by atomic mass is 9.92. The van der Waals surface area contributed by atoms with Crippen LogP contribution in [-0.4, -0.2) is 63.9 Å². The molecule has 3 fully saturated rings. The SMILES string of the molecule is C=C1CN2CCC[C@@]2(COc2nc3c(c(N4CCC[C@@](C)(O)C4)n2)CO[C@@H](c2c(F)c(N)cc(Cl)c2C(F)(F)F)C3)C1. The molecule has 1 aromatic heterocycles. The Kier molecular flexibility index (Phi) is 7.35. The van der Waals surface area contributed by atoms with Crippen molar-refractivity contribution in [2.24, 2.45) is 0 Å². The largest absolute Gasteiger partial charge is 0.461 e.